The second-order valence-electron chi connectivity index (χ2n) is 5.92. The molecule has 0 aliphatic heterocycles. The molecule has 0 spiro atoms. The molecule has 2 aromatic rings. The SMILES string of the molecule is O=C(NCC(O)C1CCCC1)c1ccn(-c2ccccc2F)n1. The summed E-state index contributed by atoms with van der Waals surface area (Å²) in [6.45, 7) is 0.218. The van der Waals surface area contributed by atoms with Crippen LogP contribution in [0.5, 0.6) is 0 Å². The summed E-state index contributed by atoms with van der Waals surface area (Å²) in [4.78, 5) is 12.1. The number of hydrogen-bond donors (Lipinski definition) is 2. The molecule has 1 aliphatic carbocycles. The molecule has 1 atom stereocenters. The number of carbonyl (C=O) groups is 1. The van der Waals surface area contributed by atoms with E-state index < -0.39 is 11.9 Å². The molecule has 0 saturated heterocycles. The summed E-state index contributed by atoms with van der Waals surface area (Å²) >= 11 is 0. The number of para-hydroxylation sites is 1. The summed E-state index contributed by atoms with van der Waals surface area (Å²) in [6, 6.07) is 7.77. The molecule has 1 amide bonds. The van der Waals surface area contributed by atoms with E-state index in [1.54, 1.807) is 24.4 Å². The minimum Gasteiger partial charge on any atom is -0.391 e. The Morgan fingerprint density at radius 3 is 2.83 bits per heavy atom. The van der Waals surface area contributed by atoms with E-state index in [0.29, 0.717) is 0 Å². The Morgan fingerprint density at radius 1 is 1.35 bits per heavy atom. The Hall–Kier alpha value is -2.21. The second-order valence-corrected chi connectivity index (χ2v) is 5.92. The zero-order valence-electron chi connectivity index (χ0n) is 12.8. The Bertz CT molecular complexity index is 680. The monoisotopic (exact) mass is 317 g/mol. The predicted molar refractivity (Wildman–Crippen MR) is 83.8 cm³/mol. The van der Waals surface area contributed by atoms with E-state index in [1.807, 2.05) is 0 Å². The van der Waals surface area contributed by atoms with Crippen molar-refractivity contribution in [2.75, 3.05) is 6.54 Å². The number of benzene rings is 1. The molecule has 5 nitrogen and oxygen atoms in total. The molecule has 1 aliphatic rings. The molecule has 1 heterocycles. The van der Waals surface area contributed by atoms with Gasteiger partial charge in [-0.2, -0.15) is 5.10 Å². The van der Waals surface area contributed by atoms with Crippen molar-refractivity contribution in [3.05, 3.63) is 48.0 Å². The van der Waals surface area contributed by atoms with Crippen molar-refractivity contribution in [1.29, 1.82) is 0 Å². The summed E-state index contributed by atoms with van der Waals surface area (Å²) in [5.74, 6) is -0.498. The molecule has 1 fully saturated rings. The van der Waals surface area contributed by atoms with E-state index in [0.717, 1.165) is 25.7 Å². The Kier molecular flexibility index (Phi) is 4.71. The van der Waals surface area contributed by atoms with Gasteiger partial charge in [-0.3, -0.25) is 4.79 Å². The van der Waals surface area contributed by atoms with Crippen LogP contribution in [0, 0.1) is 11.7 Å². The molecule has 23 heavy (non-hydrogen) atoms. The van der Waals surface area contributed by atoms with Gasteiger partial charge in [0, 0.05) is 12.7 Å². The number of aliphatic hydroxyl groups excluding tert-OH is 1. The van der Waals surface area contributed by atoms with Crippen LogP contribution in [0.4, 0.5) is 4.39 Å². The zero-order valence-corrected chi connectivity index (χ0v) is 12.8. The maximum Gasteiger partial charge on any atom is 0.271 e. The van der Waals surface area contributed by atoms with Crippen molar-refractivity contribution >= 4 is 5.91 Å². The first kappa shape index (κ1) is 15.7. The van der Waals surface area contributed by atoms with Crippen LogP contribution in [-0.2, 0) is 0 Å². The van der Waals surface area contributed by atoms with Gasteiger partial charge in [0.15, 0.2) is 5.69 Å². The maximum atomic E-state index is 13.7. The maximum absolute atomic E-state index is 13.7. The van der Waals surface area contributed by atoms with E-state index in [-0.39, 0.29) is 29.8 Å². The third-order valence-electron chi connectivity index (χ3n) is 4.34. The normalized spacial score (nSPS) is 16.4. The highest BCUT2D eigenvalue weighted by Crippen LogP contribution is 2.27. The summed E-state index contributed by atoms with van der Waals surface area (Å²) in [5, 5.41) is 16.9. The van der Waals surface area contributed by atoms with Crippen LogP contribution in [0.1, 0.15) is 36.2 Å². The minimum atomic E-state index is -0.518. The highest BCUT2D eigenvalue weighted by molar-refractivity contribution is 5.92. The molecule has 1 unspecified atom stereocenters. The van der Waals surface area contributed by atoms with Crippen LogP contribution in [0.2, 0.25) is 0 Å². The molecule has 2 N–H and O–H groups in total. The number of halogens is 1. The fourth-order valence-electron chi connectivity index (χ4n) is 3.01. The van der Waals surface area contributed by atoms with Gasteiger partial charge >= 0.3 is 0 Å². The Morgan fingerprint density at radius 2 is 2.09 bits per heavy atom. The van der Waals surface area contributed by atoms with Crippen molar-refractivity contribution < 1.29 is 14.3 Å². The van der Waals surface area contributed by atoms with E-state index in [1.165, 1.54) is 16.8 Å². The molecular weight excluding hydrogens is 297 g/mol. The van der Waals surface area contributed by atoms with Crippen LogP contribution in [0.3, 0.4) is 0 Å². The van der Waals surface area contributed by atoms with Gasteiger partial charge in [-0.05, 0) is 37.0 Å². The van der Waals surface area contributed by atoms with Gasteiger partial charge in [0.05, 0.1) is 6.10 Å². The number of nitrogens with one attached hydrogen (secondary N) is 1. The largest absolute Gasteiger partial charge is 0.391 e. The van der Waals surface area contributed by atoms with Gasteiger partial charge < -0.3 is 10.4 Å². The van der Waals surface area contributed by atoms with Crippen LogP contribution >= 0.6 is 0 Å². The van der Waals surface area contributed by atoms with Gasteiger partial charge in [0.1, 0.15) is 11.5 Å². The quantitative estimate of drug-likeness (QED) is 0.889. The van der Waals surface area contributed by atoms with Crippen molar-refractivity contribution in [2.24, 2.45) is 5.92 Å². The van der Waals surface area contributed by atoms with Crippen LogP contribution < -0.4 is 5.32 Å². The zero-order chi connectivity index (χ0) is 16.2. The van der Waals surface area contributed by atoms with Crippen LogP contribution in [-0.4, -0.2) is 33.4 Å². The topological polar surface area (TPSA) is 67.2 Å². The van der Waals surface area contributed by atoms with Crippen LogP contribution in [0.15, 0.2) is 36.5 Å². The fourth-order valence-corrected chi connectivity index (χ4v) is 3.01. The summed E-state index contributed by atoms with van der Waals surface area (Å²) < 4.78 is 15.0. The average molecular weight is 317 g/mol. The van der Waals surface area contributed by atoms with E-state index in [9.17, 15) is 14.3 Å². The molecule has 1 aromatic heterocycles. The number of carbonyl (C=O) groups excluding carboxylic acids is 1. The van der Waals surface area contributed by atoms with E-state index >= 15 is 0 Å². The molecule has 0 radical (unpaired) electrons. The van der Waals surface area contributed by atoms with E-state index in [2.05, 4.69) is 10.4 Å². The second kappa shape index (κ2) is 6.91. The molecule has 3 rings (SSSR count). The third kappa shape index (κ3) is 3.59. The number of hydrogen-bond acceptors (Lipinski definition) is 3. The standard InChI is InChI=1S/C17H20FN3O2/c18-13-7-3-4-8-15(13)21-10-9-14(20-21)17(23)19-11-16(22)12-5-1-2-6-12/h3-4,7-10,12,16,22H,1-2,5-6,11H2,(H,19,23). The summed E-state index contributed by atoms with van der Waals surface area (Å²) in [7, 11) is 0. The Labute approximate surface area is 134 Å². The smallest absolute Gasteiger partial charge is 0.271 e. The number of nitrogens with zero attached hydrogens (tertiary/aromatic N) is 2. The van der Waals surface area contributed by atoms with Crippen molar-refractivity contribution in [3.63, 3.8) is 0 Å². The number of aromatic nitrogens is 2. The lowest BCUT2D eigenvalue weighted by Crippen LogP contribution is -2.35. The lowest BCUT2D eigenvalue weighted by Gasteiger charge is -2.17. The molecule has 1 saturated carbocycles. The average Bonchev–Trinajstić information content (AvgIpc) is 3.24. The van der Waals surface area contributed by atoms with Gasteiger partial charge in [0.25, 0.3) is 5.91 Å². The summed E-state index contributed by atoms with van der Waals surface area (Å²) in [5.41, 5.74) is 0.490. The first-order valence-corrected chi connectivity index (χ1v) is 7.92. The highest BCUT2D eigenvalue weighted by Gasteiger charge is 2.23. The Balaban J connectivity index is 1.61. The molecule has 1 aromatic carbocycles. The van der Waals surface area contributed by atoms with Gasteiger partial charge in [-0.15, -0.1) is 0 Å². The van der Waals surface area contributed by atoms with Crippen molar-refractivity contribution in [1.82, 2.24) is 15.1 Å². The molecule has 6 heteroatoms. The van der Waals surface area contributed by atoms with Gasteiger partial charge in [-0.1, -0.05) is 25.0 Å². The van der Waals surface area contributed by atoms with Gasteiger partial charge in [-0.25, -0.2) is 9.07 Å². The number of amides is 1. The first-order chi connectivity index (χ1) is 11.1. The van der Waals surface area contributed by atoms with Gasteiger partial charge in [0.2, 0.25) is 0 Å². The lowest BCUT2D eigenvalue weighted by molar-refractivity contribution is 0.0836. The van der Waals surface area contributed by atoms with E-state index in [4.69, 9.17) is 0 Å². The summed E-state index contributed by atoms with van der Waals surface area (Å²) in [6.07, 6.45) is 5.33. The number of rotatable bonds is 5. The molecule has 0 bridgehead atoms. The predicted octanol–water partition coefficient (Wildman–Crippen LogP) is 2.29. The van der Waals surface area contributed by atoms with Crippen molar-refractivity contribution in [2.45, 2.75) is 31.8 Å². The highest BCUT2D eigenvalue weighted by atomic mass is 19.1. The molecular formula is C17H20FN3O2. The van der Waals surface area contributed by atoms with Crippen LogP contribution in [0.25, 0.3) is 5.69 Å². The fraction of sp³-hybridized carbons (Fsp3) is 0.412. The first-order valence-electron chi connectivity index (χ1n) is 7.92. The lowest BCUT2D eigenvalue weighted by atomic mass is 10.0. The third-order valence-corrected chi connectivity index (χ3v) is 4.34. The molecule has 122 valence electrons. The number of aliphatic hydroxyl groups is 1. The minimum absolute atomic E-state index is 0.201. The van der Waals surface area contributed by atoms with Crippen molar-refractivity contribution in [3.8, 4) is 5.69 Å².